The first-order valence-corrected chi connectivity index (χ1v) is 4.76. The van der Waals surface area contributed by atoms with Crippen molar-refractivity contribution in [2.75, 3.05) is 0 Å². The van der Waals surface area contributed by atoms with Gasteiger partial charge in [0, 0.05) is 24.6 Å². The van der Waals surface area contributed by atoms with E-state index >= 15 is 0 Å². The lowest BCUT2D eigenvalue weighted by atomic mass is 10.2. The maximum Gasteiger partial charge on any atom is 0.0753 e. The summed E-state index contributed by atoms with van der Waals surface area (Å²) in [5.74, 6) is 2.69. The second kappa shape index (κ2) is 5.36. The highest BCUT2D eigenvalue weighted by Crippen LogP contribution is 2.08. The summed E-state index contributed by atoms with van der Waals surface area (Å²) in [4.78, 5) is 8.22. The molecular formula is C11H15N3. The highest BCUT2D eigenvalue weighted by Gasteiger charge is 2.10. The first-order chi connectivity index (χ1) is 6.77. The van der Waals surface area contributed by atoms with Crippen molar-refractivity contribution in [3.63, 3.8) is 0 Å². The van der Waals surface area contributed by atoms with E-state index in [1.54, 1.807) is 18.6 Å². The smallest absolute Gasteiger partial charge is 0.0753 e. The van der Waals surface area contributed by atoms with Crippen LogP contribution in [-0.2, 0) is 0 Å². The molecule has 0 saturated carbocycles. The number of rotatable bonds is 4. The molecule has 0 fully saturated rings. The van der Waals surface area contributed by atoms with Gasteiger partial charge in [0.15, 0.2) is 0 Å². The minimum atomic E-state index is 0.104. The molecule has 0 aromatic carbocycles. The number of nitrogens with one attached hydrogen (secondary N) is 1. The highest BCUT2D eigenvalue weighted by atomic mass is 15.0. The minimum absolute atomic E-state index is 0.104. The molecular weight excluding hydrogens is 174 g/mol. The molecule has 2 atom stereocenters. The van der Waals surface area contributed by atoms with Gasteiger partial charge in [-0.3, -0.25) is 15.3 Å². The van der Waals surface area contributed by atoms with Crippen LogP contribution in [0, 0.1) is 12.3 Å². The van der Waals surface area contributed by atoms with Gasteiger partial charge in [-0.05, 0) is 13.3 Å². The molecule has 0 aliphatic heterocycles. The van der Waals surface area contributed by atoms with Crippen molar-refractivity contribution in [1.29, 1.82) is 0 Å². The van der Waals surface area contributed by atoms with Gasteiger partial charge in [-0.1, -0.05) is 12.8 Å². The van der Waals surface area contributed by atoms with Crippen LogP contribution < -0.4 is 5.32 Å². The Balaban J connectivity index is 2.59. The van der Waals surface area contributed by atoms with E-state index in [-0.39, 0.29) is 12.1 Å². The van der Waals surface area contributed by atoms with Crippen LogP contribution in [0.1, 0.15) is 32.0 Å². The third-order valence-electron chi connectivity index (χ3n) is 2.09. The standard InChI is InChI=1S/C11H15N3/c1-4-10(5-2)14-9(3)11-8-12-6-7-13-11/h1,6-10,14H,5H2,2-3H3. The van der Waals surface area contributed by atoms with Gasteiger partial charge in [-0.2, -0.15) is 0 Å². The molecule has 1 heterocycles. The fraction of sp³-hybridized carbons (Fsp3) is 0.455. The third-order valence-corrected chi connectivity index (χ3v) is 2.09. The maximum absolute atomic E-state index is 5.36. The molecule has 0 aliphatic carbocycles. The summed E-state index contributed by atoms with van der Waals surface area (Å²) in [6.45, 7) is 4.09. The predicted molar refractivity (Wildman–Crippen MR) is 56.5 cm³/mol. The van der Waals surface area contributed by atoms with Gasteiger partial charge in [-0.25, -0.2) is 0 Å². The molecule has 0 aliphatic rings. The van der Waals surface area contributed by atoms with Gasteiger partial charge in [-0.15, -0.1) is 6.42 Å². The monoisotopic (exact) mass is 189 g/mol. The second-order valence-electron chi connectivity index (χ2n) is 3.15. The van der Waals surface area contributed by atoms with Crippen LogP contribution in [0.25, 0.3) is 0 Å². The molecule has 0 spiro atoms. The molecule has 3 heteroatoms. The molecule has 0 saturated heterocycles. The van der Waals surface area contributed by atoms with Crippen molar-refractivity contribution in [1.82, 2.24) is 15.3 Å². The van der Waals surface area contributed by atoms with Crippen LogP contribution in [0.2, 0.25) is 0 Å². The van der Waals surface area contributed by atoms with E-state index < -0.39 is 0 Å². The fourth-order valence-electron chi connectivity index (χ4n) is 1.21. The van der Waals surface area contributed by atoms with Gasteiger partial charge in [0.25, 0.3) is 0 Å². The van der Waals surface area contributed by atoms with Crippen molar-refractivity contribution in [3.8, 4) is 12.3 Å². The first-order valence-electron chi connectivity index (χ1n) is 4.76. The van der Waals surface area contributed by atoms with E-state index in [0.717, 1.165) is 12.1 Å². The van der Waals surface area contributed by atoms with Crippen molar-refractivity contribution < 1.29 is 0 Å². The maximum atomic E-state index is 5.36. The zero-order valence-corrected chi connectivity index (χ0v) is 8.57. The van der Waals surface area contributed by atoms with Crippen molar-refractivity contribution in [2.45, 2.75) is 32.4 Å². The molecule has 1 aromatic heterocycles. The number of hydrogen-bond acceptors (Lipinski definition) is 3. The molecule has 74 valence electrons. The lowest BCUT2D eigenvalue weighted by Gasteiger charge is -2.16. The summed E-state index contributed by atoms with van der Waals surface area (Å²) in [6.07, 6.45) is 11.4. The Morgan fingerprint density at radius 2 is 2.36 bits per heavy atom. The lowest BCUT2D eigenvalue weighted by Crippen LogP contribution is -2.30. The number of hydrogen-bond donors (Lipinski definition) is 1. The Morgan fingerprint density at radius 1 is 1.57 bits per heavy atom. The minimum Gasteiger partial charge on any atom is -0.295 e. The van der Waals surface area contributed by atoms with Crippen molar-refractivity contribution >= 4 is 0 Å². The van der Waals surface area contributed by atoms with Gasteiger partial charge in [0.2, 0.25) is 0 Å². The molecule has 0 bridgehead atoms. The zero-order chi connectivity index (χ0) is 10.4. The van der Waals surface area contributed by atoms with Gasteiger partial charge >= 0.3 is 0 Å². The molecule has 14 heavy (non-hydrogen) atoms. The Morgan fingerprint density at radius 3 is 2.86 bits per heavy atom. The molecule has 0 radical (unpaired) electrons. The van der Waals surface area contributed by atoms with Crippen LogP contribution in [0.15, 0.2) is 18.6 Å². The zero-order valence-electron chi connectivity index (χ0n) is 8.57. The van der Waals surface area contributed by atoms with E-state index in [0.29, 0.717) is 0 Å². The van der Waals surface area contributed by atoms with Crippen LogP contribution in [0.4, 0.5) is 0 Å². The Bertz CT molecular complexity index is 302. The Hall–Kier alpha value is -1.40. The van der Waals surface area contributed by atoms with E-state index in [2.05, 4.69) is 28.1 Å². The van der Waals surface area contributed by atoms with Gasteiger partial charge < -0.3 is 0 Å². The average Bonchev–Trinajstić information content (AvgIpc) is 2.26. The van der Waals surface area contributed by atoms with Crippen molar-refractivity contribution in [2.24, 2.45) is 0 Å². The molecule has 3 nitrogen and oxygen atoms in total. The SMILES string of the molecule is C#CC(CC)NC(C)c1cnccn1. The van der Waals surface area contributed by atoms with Crippen LogP contribution in [0.5, 0.6) is 0 Å². The summed E-state index contributed by atoms with van der Waals surface area (Å²) >= 11 is 0. The highest BCUT2D eigenvalue weighted by molar-refractivity contribution is 5.05. The molecule has 2 unspecified atom stereocenters. The molecule has 1 rings (SSSR count). The van der Waals surface area contributed by atoms with Gasteiger partial charge in [0.05, 0.1) is 11.7 Å². The summed E-state index contributed by atoms with van der Waals surface area (Å²) in [5, 5.41) is 3.29. The van der Waals surface area contributed by atoms with Crippen LogP contribution in [0.3, 0.4) is 0 Å². The van der Waals surface area contributed by atoms with Crippen LogP contribution >= 0.6 is 0 Å². The van der Waals surface area contributed by atoms with E-state index in [4.69, 9.17) is 6.42 Å². The average molecular weight is 189 g/mol. The molecule has 1 N–H and O–H groups in total. The summed E-state index contributed by atoms with van der Waals surface area (Å²) in [5.41, 5.74) is 0.918. The number of aromatic nitrogens is 2. The van der Waals surface area contributed by atoms with E-state index in [9.17, 15) is 0 Å². The lowest BCUT2D eigenvalue weighted by molar-refractivity contribution is 0.502. The quantitative estimate of drug-likeness (QED) is 0.730. The Labute approximate surface area is 85.0 Å². The normalized spacial score (nSPS) is 14.4. The van der Waals surface area contributed by atoms with Gasteiger partial charge in [0.1, 0.15) is 0 Å². The molecule has 1 aromatic rings. The summed E-state index contributed by atoms with van der Waals surface area (Å²) in [7, 11) is 0. The van der Waals surface area contributed by atoms with Crippen molar-refractivity contribution in [3.05, 3.63) is 24.3 Å². The van der Waals surface area contributed by atoms with E-state index in [1.165, 1.54) is 0 Å². The van der Waals surface area contributed by atoms with E-state index in [1.807, 2.05) is 6.92 Å². The second-order valence-corrected chi connectivity index (χ2v) is 3.15. The third kappa shape index (κ3) is 2.82. The largest absolute Gasteiger partial charge is 0.295 e. The Kier molecular flexibility index (Phi) is 4.09. The summed E-state index contributed by atoms with van der Waals surface area (Å²) in [6, 6.07) is 0.247. The first kappa shape index (κ1) is 10.7. The topological polar surface area (TPSA) is 37.8 Å². The fourth-order valence-corrected chi connectivity index (χ4v) is 1.21. The van der Waals surface area contributed by atoms with Crippen LogP contribution in [-0.4, -0.2) is 16.0 Å². The predicted octanol–water partition coefficient (Wildman–Crippen LogP) is 1.54. The number of terminal acetylenes is 1. The summed E-state index contributed by atoms with van der Waals surface area (Å²) < 4.78 is 0. The number of nitrogens with zero attached hydrogens (tertiary/aromatic N) is 2. The molecule has 0 amide bonds.